The zero-order chi connectivity index (χ0) is 9.68. The number of nitrogens with two attached hydrogens (primary N) is 1. The Morgan fingerprint density at radius 1 is 1.38 bits per heavy atom. The van der Waals surface area contributed by atoms with Gasteiger partial charge in [-0.25, -0.2) is 0 Å². The van der Waals surface area contributed by atoms with Gasteiger partial charge in [-0.15, -0.1) is 0 Å². The van der Waals surface area contributed by atoms with E-state index in [1.54, 1.807) is 0 Å². The average Bonchev–Trinajstić information content (AvgIpc) is 2.04. The smallest absolute Gasteiger partial charge is 0.0974 e. The van der Waals surface area contributed by atoms with Crippen molar-refractivity contribution >= 4 is 28.7 Å². The second kappa shape index (κ2) is 4.57. The lowest BCUT2D eigenvalue weighted by molar-refractivity contribution is 1.36. The summed E-state index contributed by atoms with van der Waals surface area (Å²) >= 11 is 4.98. The number of hydrogen-bond donors (Lipinski definition) is 3. The van der Waals surface area contributed by atoms with E-state index in [-0.39, 0.29) is 5.84 Å². The number of hydrogen-bond acceptors (Lipinski definition) is 2. The van der Waals surface area contributed by atoms with E-state index in [0.717, 1.165) is 5.69 Å². The highest BCUT2D eigenvalue weighted by molar-refractivity contribution is 7.80. The van der Waals surface area contributed by atoms with Crippen LogP contribution in [-0.2, 0) is 0 Å². The molecule has 13 heavy (non-hydrogen) atoms. The van der Waals surface area contributed by atoms with Crippen molar-refractivity contribution < 1.29 is 0 Å². The molecule has 4 N–H and O–H groups in total. The second-order valence-electron chi connectivity index (χ2n) is 2.62. The lowest BCUT2D eigenvalue weighted by atomic mass is 10.3. The summed E-state index contributed by atoms with van der Waals surface area (Å²) in [5.74, 6) is 0.0773. The van der Waals surface area contributed by atoms with Gasteiger partial charge >= 0.3 is 0 Å². The SMILES string of the molecule is N=C(N)CC(=S)Nc1ccccc1. The number of rotatable bonds is 3. The van der Waals surface area contributed by atoms with Crippen LogP contribution in [0.1, 0.15) is 6.42 Å². The molecule has 0 aliphatic heterocycles. The Morgan fingerprint density at radius 3 is 2.54 bits per heavy atom. The van der Waals surface area contributed by atoms with Crippen molar-refractivity contribution in [2.45, 2.75) is 6.42 Å². The van der Waals surface area contributed by atoms with Crippen molar-refractivity contribution in [2.24, 2.45) is 5.73 Å². The van der Waals surface area contributed by atoms with Gasteiger partial charge in [0.15, 0.2) is 0 Å². The predicted molar refractivity (Wildman–Crippen MR) is 59.2 cm³/mol. The number of para-hydroxylation sites is 1. The molecule has 0 amide bonds. The molecule has 0 bridgehead atoms. The van der Waals surface area contributed by atoms with E-state index in [9.17, 15) is 0 Å². The summed E-state index contributed by atoms with van der Waals surface area (Å²) in [7, 11) is 0. The van der Waals surface area contributed by atoms with E-state index < -0.39 is 0 Å². The zero-order valence-corrected chi connectivity index (χ0v) is 7.90. The van der Waals surface area contributed by atoms with Crippen molar-refractivity contribution in [3.8, 4) is 0 Å². The Kier molecular flexibility index (Phi) is 3.40. The Hall–Kier alpha value is -1.42. The van der Waals surface area contributed by atoms with Crippen LogP contribution in [0.3, 0.4) is 0 Å². The lowest BCUT2D eigenvalue weighted by Crippen LogP contribution is -2.19. The van der Waals surface area contributed by atoms with Crippen LogP contribution >= 0.6 is 12.2 Å². The summed E-state index contributed by atoms with van der Waals surface area (Å²) < 4.78 is 0. The van der Waals surface area contributed by atoms with Crippen molar-refractivity contribution in [2.75, 3.05) is 5.32 Å². The van der Waals surface area contributed by atoms with Crippen molar-refractivity contribution in [1.29, 1.82) is 5.41 Å². The molecule has 1 aromatic rings. The zero-order valence-electron chi connectivity index (χ0n) is 7.08. The molecule has 0 atom stereocenters. The first-order valence-corrected chi connectivity index (χ1v) is 4.27. The van der Waals surface area contributed by atoms with Gasteiger partial charge in [-0.3, -0.25) is 5.41 Å². The molecule has 4 heteroatoms. The molecular weight excluding hydrogens is 182 g/mol. The van der Waals surface area contributed by atoms with Crippen molar-refractivity contribution in [3.63, 3.8) is 0 Å². The highest BCUT2D eigenvalue weighted by Gasteiger charge is 1.98. The molecule has 0 heterocycles. The highest BCUT2D eigenvalue weighted by atomic mass is 32.1. The van der Waals surface area contributed by atoms with Crippen LogP contribution in [0.4, 0.5) is 5.69 Å². The number of nitrogens with one attached hydrogen (secondary N) is 2. The van der Waals surface area contributed by atoms with Gasteiger partial charge in [-0.05, 0) is 12.1 Å². The standard InChI is InChI=1S/C9H11N3S/c10-8(11)6-9(13)12-7-4-2-1-3-5-7/h1-5H,6H2,(H3,10,11)(H,12,13). The number of benzene rings is 1. The monoisotopic (exact) mass is 193 g/mol. The Labute approximate surface area is 82.5 Å². The fourth-order valence-electron chi connectivity index (χ4n) is 0.900. The molecule has 0 radical (unpaired) electrons. The highest BCUT2D eigenvalue weighted by Crippen LogP contribution is 2.05. The lowest BCUT2D eigenvalue weighted by Gasteiger charge is -2.05. The van der Waals surface area contributed by atoms with E-state index in [2.05, 4.69) is 5.32 Å². The molecule has 1 aromatic carbocycles. The molecule has 0 saturated heterocycles. The maximum absolute atomic E-state index is 7.04. The molecule has 1 rings (SSSR count). The molecule has 0 aliphatic carbocycles. The average molecular weight is 193 g/mol. The fourth-order valence-corrected chi connectivity index (χ4v) is 1.17. The summed E-state index contributed by atoms with van der Waals surface area (Å²) in [5.41, 5.74) is 6.13. The van der Waals surface area contributed by atoms with Crippen molar-refractivity contribution in [3.05, 3.63) is 30.3 Å². The van der Waals surface area contributed by atoms with Crippen LogP contribution in [0.2, 0.25) is 0 Å². The molecule has 0 aliphatic rings. The van der Waals surface area contributed by atoms with Crippen LogP contribution < -0.4 is 11.1 Å². The largest absolute Gasteiger partial charge is 0.387 e. The van der Waals surface area contributed by atoms with Crippen LogP contribution in [0.15, 0.2) is 30.3 Å². The number of amidine groups is 1. The molecule has 0 saturated carbocycles. The van der Waals surface area contributed by atoms with E-state index in [0.29, 0.717) is 11.4 Å². The molecule has 3 nitrogen and oxygen atoms in total. The summed E-state index contributed by atoms with van der Waals surface area (Å²) in [5, 5.41) is 10.0. The number of anilines is 1. The second-order valence-corrected chi connectivity index (χ2v) is 3.11. The van der Waals surface area contributed by atoms with E-state index in [1.807, 2.05) is 30.3 Å². The van der Waals surface area contributed by atoms with Gasteiger partial charge in [0.05, 0.1) is 17.2 Å². The molecule has 0 spiro atoms. The third kappa shape index (κ3) is 3.66. The molecule has 68 valence electrons. The maximum Gasteiger partial charge on any atom is 0.0974 e. The summed E-state index contributed by atoms with van der Waals surface area (Å²) in [4.78, 5) is 0.568. The topological polar surface area (TPSA) is 61.9 Å². The predicted octanol–water partition coefficient (Wildman–Crippen LogP) is 1.75. The van der Waals surface area contributed by atoms with E-state index >= 15 is 0 Å². The van der Waals surface area contributed by atoms with Gasteiger partial charge in [0.1, 0.15) is 0 Å². The van der Waals surface area contributed by atoms with E-state index in [1.165, 1.54) is 0 Å². The molecular formula is C9H11N3S. The van der Waals surface area contributed by atoms with Crippen molar-refractivity contribution in [1.82, 2.24) is 0 Å². The van der Waals surface area contributed by atoms with Crippen LogP contribution in [0, 0.1) is 5.41 Å². The summed E-state index contributed by atoms with van der Waals surface area (Å²) in [6, 6.07) is 9.58. The third-order valence-electron chi connectivity index (χ3n) is 1.41. The van der Waals surface area contributed by atoms with E-state index in [4.69, 9.17) is 23.4 Å². The minimum atomic E-state index is 0.0773. The Morgan fingerprint density at radius 2 is 2.00 bits per heavy atom. The summed E-state index contributed by atoms with van der Waals surface area (Å²) in [6.45, 7) is 0. The van der Waals surface area contributed by atoms with Gasteiger partial charge < -0.3 is 11.1 Å². The van der Waals surface area contributed by atoms with Crippen LogP contribution in [-0.4, -0.2) is 10.8 Å². The summed E-state index contributed by atoms with van der Waals surface area (Å²) in [6.07, 6.45) is 0.310. The number of thiocarbonyl (C=S) groups is 1. The Bertz CT molecular complexity index is 308. The first kappa shape index (κ1) is 9.67. The fraction of sp³-hybridized carbons (Fsp3) is 0.111. The normalized spacial score (nSPS) is 9.23. The minimum Gasteiger partial charge on any atom is -0.387 e. The molecule has 0 fully saturated rings. The molecule has 0 unspecified atom stereocenters. The van der Waals surface area contributed by atoms with Gasteiger partial charge in [0.2, 0.25) is 0 Å². The third-order valence-corrected chi connectivity index (χ3v) is 1.65. The van der Waals surface area contributed by atoms with Crippen LogP contribution in [0.25, 0.3) is 0 Å². The van der Waals surface area contributed by atoms with Gasteiger partial charge in [-0.1, -0.05) is 30.4 Å². The quantitative estimate of drug-likeness (QED) is 0.389. The van der Waals surface area contributed by atoms with Gasteiger partial charge in [-0.2, -0.15) is 0 Å². The Balaban J connectivity index is 2.50. The first-order chi connectivity index (χ1) is 6.18. The van der Waals surface area contributed by atoms with Crippen LogP contribution in [0.5, 0.6) is 0 Å². The van der Waals surface area contributed by atoms with Gasteiger partial charge in [0, 0.05) is 5.69 Å². The molecule has 0 aromatic heterocycles. The minimum absolute atomic E-state index is 0.0773. The van der Waals surface area contributed by atoms with Gasteiger partial charge in [0.25, 0.3) is 0 Å². The maximum atomic E-state index is 7.04. The first-order valence-electron chi connectivity index (χ1n) is 3.86.